The molecule has 0 radical (unpaired) electrons. The highest BCUT2D eigenvalue weighted by Gasteiger charge is 2.21. The average Bonchev–Trinajstić information content (AvgIpc) is 3.14. The summed E-state index contributed by atoms with van der Waals surface area (Å²) >= 11 is 0. The van der Waals surface area contributed by atoms with Crippen molar-refractivity contribution in [3.8, 4) is 0 Å². The van der Waals surface area contributed by atoms with Crippen LogP contribution < -0.4 is 10.6 Å². The monoisotopic (exact) mass is 364 g/mol. The Kier molecular flexibility index (Phi) is 5.75. The summed E-state index contributed by atoms with van der Waals surface area (Å²) in [5.74, 6) is 0.119. The first-order chi connectivity index (χ1) is 11.8. The van der Waals surface area contributed by atoms with Crippen molar-refractivity contribution >= 4 is 18.3 Å². The molecule has 8 heteroatoms. The molecule has 3 N–H and O–H groups in total. The van der Waals surface area contributed by atoms with Crippen molar-refractivity contribution in [2.24, 2.45) is 0 Å². The van der Waals surface area contributed by atoms with E-state index in [1.807, 2.05) is 6.20 Å². The number of rotatable bonds is 4. The number of nitrogens with one attached hydrogen (secondary N) is 3. The van der Waals surface area contributed by atoms with Crippen LogP contribution in [0.25, 0.3) is 0 Å². The minimum Gasteiger partial charge on any atom is -0.353 e. The van der Waals surface area contributed by atoms with Crippen LogP contribution >= 0.6 is 12.4 Å². The number of carbonyl (C=O) groups is 1. The Morgan fingerprint density at radius 1 is 1.44 bits per heavy atom. The number of aromatic amines is 1. The minimum absolute atomic E-state index is 0. The standard InChI is InChI=1S/C17H24N6O.ClH/c24-17(20-13-2-4-16-12(8-13)10-19-21-16)5-3-14-9-15-11-18-6-1-7-23(15)22-14;/h9-10,13,18H,1-8,11H2,(H,19,21)(H,20,24);1H. The molecule has 0 saturated heterocycles. The topological polar surface area (TPSA) is 87.6 Å². The first kappa shape index (κ1) is 17.9. The van der Waals surface area contributed by atoms with Gasteiger partial charge in [-0.3, -0.25) is 14.6 Å². The number of nitrogens with zero attached hydrogens (tertiary/aromatic N) is 3. The highest BCUT2D eigenvalue weighted by atomic mass is 35.5. The zero-order chi connectivity index (χ0) is 16.4. The number of hydrogen-bond acceptors (Lipinski definition) is 4. The number of fused-ring (bicyclic) bond motifs is 2. The maximum absolute atomic E-state index is 12.3. The smallest absolute Gasteiger partial charge is 0.220 e. The van der Waals surface area contributed by atoms with E-state index in [1.54, 1.807) is 0 Å². The minimum atomic E-state index is 0. The van der Waals surface area contributed by atoms with E-state index < -0.39 is 0 Å². The molecular weight excluding hydrogens is 340 g/mol. The van der Waals surface area contributed by atoms with Crippen LogP contribution in [0.5, 0.6) is 0 Å². The second-order valence-electron chi connectivity index (χ2n) is 6.76. The van der Waals surface area contributed by atoms with Gasteiger partial charge in [-0.2, -0.15) is 10.2 Å². The molecule has 1 aliphatic heterocycles. The highest BCUT2D eigenvalue weighted by Crippen LogP contribution is 2.19. The Bertz CT molecular complexity index is 701. The van der Waals surface area contributed by atoms with Crippen LogP contribution in [0, 0.1) is 0 Å². The van der Waals surface area contributed by atoms with E-state index >= 15 is 0 Å². The largest absolute Gasteiger partial charge is 0.353 e. The lowest BCUT2D eigenvalue weighted by Crippen LogP contribution is -2.38. The summed E-state index contributed by atoms with van der Waals surface area (Å²) in [7, 11) is 0. The molecule has 3 heterocycles. The number of amides is 1. The lowest BCUT2D eigenvalue weighted by molar-refractivity contribution is -0.121. The van der Waals surface area contributed by atoms with Gasteiger partial charge in [-0.25, -0.2) is 0 Å². The number of aryl methyl sites for hydroxylation is 3. The number of aromatic nitrogens is 4. The first-order valence-electron chi connectivity index (χ1n) is 8.85. The molecule has 136 valence electrons. The van der Waals surface area contributed by atoms with Gasteiger partial charge in [-0.1, -0.05) is 0 Å². The fourth-order valence-corrected chi connectivity index (χ4v) is 3.62. The van der Waals surface area contributed by atoms with Crippen LogP contribution in [-0.2, 0) is 37.1 Å². The van der Waals surface area contributed by atoms with Crippen molar-refractivity contribution in [3.63, 3.8) is 0 Å². The van der Waals surface area contributed by atoms with Gasteiger partial charge >= 0.3 is 0 Å². The lowest BCUT2D eigenvalue weighted by Gasteiger charge is -2.22. The Morgan fingerprint density at radius 3 is 3.28 bits per heavy atom. The maximum Gasteiger partial charge on any atom is 0.220 e. The van der Waals surface area contributed by atoms with Gasteiger partial charge in [0, 0.05) is 37.7 Å². The van der Waals surface area contributed by atoms with Gasteiger partial charge in [0.15, 0.2) is 0 Å². The van der Waals surface area contributed by atoms with Crippen LogP contribution in [0.4, 0.5) is 0 Å². The molecule has 0 fully saturated rings. The van der Waals surface area contributed by atoms with Crippen LogP contribution in [0.1, 0.15) is 41.9 Å². The van der Waals surface area contributed by atoms with Gasteiger partial charge < -0.3 is 10.6 Å². The zero-order valence-corrected chi connectivity index (χ0v) is 15.1. The molecule has 2 aliphatic rings. The predicted octanol–water partition coefficient (Wildman–Crippen LogP) is 1.13. The van der Waals surface area contributed by atoms with Gasteiger partial charge in [0.1, 0.15) is 0 Å². The van der Waals surface area contributed by atoms with Gasteiger partial charge in [0.25, 0.3) is 0 Å². The van der Waals surface area contributed by atoms with Crippen molar-refractivity contribution in [2.75, 3.05) is 6.54 Å². The molecule has 2 aromatic heterocycles. The first-order valence-corrected chi connectivity index (χ1v) is 8.85. The molecule has 1 atom stereocenters. The molecule has 0 spiro atoms. The van der Waals surface area contributed by atoms with E-state index in [4.69, 9.17) is 0 Å². The van der Waals surface area contributed by atoms with Crippen molar-refractivity contribution < 1.29 is 4.79 Å². The molecule has 0 aromatic carbocycles. The molecular formula is C17H25ClN6O. The summed E-state index contributed by atoms with van der Waals surface area (Å²) in [6, 6.07) is 2.36. The summed E-state index contributed by atoms with van der Waals surface area (Å²) in [5.41, 5.74) is 4.69. The molecule has 7 nitrogen and oxygen atoms in total. The van der Waals surface area contributed by atoms with Crippen LogP contribution in [0.3, 0.4) is 0 Å². The normalized spacial score (nSPS) is 19.3. The van der Waals surface area contributed by atoms with E-state index in [9.17, 15) is 4.79 Å². The molecule has 1 aliphatic carbocycles. The Labute approximate surface area is 153 Å². The van der Waals surface area contributed by atoms with Gasteiger partial charge in [0.2, 0.25) is 5.91 Å². The predicted molar refractivity (Wildman–Crippen MR) is 96.7 cm³/mol. The molecule has 0 bridgehead atoms. The Balaban J connectivity index is 0.00000182. The van der Waals surface area contributed by atoms with Crippen LogP contribution in [0.2, 0.25) is 0 Å². The highest BCUT2D eigenvalue weighted by molar-refractivity contribution is 5.85. The van der Waals surface area contributed by atoms with E-state index in [-0.39, 0.29) is 24.4 Å². The lowest BCUT2D eigenvalue weighted by atomic mass is 9.93. The quantitative estimate of drug-likeness (QED) is 0.758. The Hall–Kier alpha value is -1.86. The fraction of sp³-hybridized carbons (Fsp3) is 0.588. The number of halogens is 1. The maximum atomic E-state index is 12.3. The third-order valence-electron chi connectivity index (χ3n) is 4.93. The molecule has 1 amide bonds. The third kappa shape index (κ3) is 4.22. The van der Waals surface area contributed by atoms with E-state index in [2.05, 4.69) is 36.7 Å². The Morgan fingerprint density at radius 2 is 2.36 bits per heavy atom. The summed E-state index contributed by atoms with van der Waals surface area (Å²) in [5, 5.41) is 18.3. The van der Waals surface area contributed by atoms with E-state index in [0.29, 0.717) is 12.8 Å². The second kappa shape index (κ2) is 8.01. The van der Waals surface area contributed by atoms with Gasteiger partial charge in [-0.15, -0.1) is 12.4 Å². The number of hydrogen-bond donors (Lipinski definition) is 3. The van der Waals surface area contributed by atoms with Crippen molar-refractivity contribution in [2.45, 2.75) is 57.7 Å². The van der Waals surface area contributed by atoms with Crippen LogP contribution in [0.15, 0.2) is 12.3 Å². The summed E-state index contributed by atoms with van der Waals surface area (Å²) in [6.45, 7) is 2.87. The van der Waals surface area contributed by atoms with Crippen LogP contribution in [-0.4, -0.2) is 38.5 Å². The van der Waals surface area contributed by atoms with E-state index in [1.165, 1.54) is 17.0 Å². The molecule has 2 aromatic rings. The van der Waals surface area contributed by atoms with Gasteiger partial charge in [-0.05, 0) is 43.9 Å². The summed E-state index contributed by atoms with van der Waals surface area (Å²) in [4.78, 5) is 12.3. The van der Waals surface area contributed by atoms with Gasteiger partial charge in [0.05, 0.1) is 17.6 Å². The molecule has 4 rings (SSSR count). The fourth-order valence-electron chi connectivity index (χ4n) is 3.62. The number of carbonyl (C=O) groups excluding carboxylic acids is 1. The van der Waals surface area contributed by atoms with Crippen molar-refractivity contribution in [3.05, 3.63) is 34.9 Å². The van der Waals surface area contributed by atoms with Crippen molar-refractivity contribution in [1.82, 2.24) is 30.6 Å². The summed E-state index contributed by atoms with van der Waals surface area (Å²) < 4.78 is 2.08. The number of H-pyrrole nitrogens is 1. The van der Waals surface area contributed by atoms with E-state index in [0.717, 1.165) is 51.0 Å². The molecule has 1 unspecified atom stereocenters. The SMILES string of the molecule is Cl.O=C(CCc1cc2n(n1)CCCNC2)NC1CCc2[nH]ncc2C1. The second-order valence-corrected chi connectivity index (χ2v) is 6.76. The summed E-state index contributed by atoms with van der Waals surface area (Å²) in [6.07, 6.45) is 6.99. The third-order valence-corrected chi connectivity index (χ3v) is 4.93. The molecule has 0 saturated carbocycles. The zero-order valence-electron chi connectivity index (χ0n) is 14.3. The van der Waals surface area contributed by atoms with Crippen molar-refractivity contribution in [1.29, 1.82) is 0 Å². The molecule has 25 heavy (non-hydrogen) atoms. The average molecular weight is 365 g/mol.